The second-order valence-electron chi connectivity index (χ2n) is 5.12. The Labute approximate surface area is 152 Å². The number of carbonyl (C=O) groups excluding carboxylic acids is 3. The van der Waals surface area contributed by atoms with Gasteiger partial charge in [0.25, 0.3) is 5.91 Å². The molecule has 2 aromatic carbocycles. The zero-order chi connectivity index (χ0) is 18.2. The van der Waals surface area contributed by atoms with Gasteiger partial charge in [-0.05, 0) is 52.3 Å². The molecule has 0 unspecified atom stereocenters. The highest BCUT2D eigenvalue weighted by Gasteiger charge is 2.12. The number of Topliss-reactive ketones (excluding diaryl/α,β-unsaturated/α-hetero) is 1. The number of halogens is 2. The predicted octanol–water partition coefficient (Wildman–Crippen LogP) is 3.73. The summed E-state index contributed by atoms with van der Waals surface area (Å²) in [6.07, 6.45) is -0.227. The van der Waals surface area contributed by atoms with Gasteiger partial charge in [-0.15, -0.1) is 0 Å². The summed E-state index contributed by atoms with van der Waals surface area (Å²) >= 11 is 3.29. The number of nitrogens with one attached hydrogen (secondary N) is 1. The van der Waals surface area contributed by atoms with Crippen molar-refractivity contribution in [3.63, 3.8) is 0 Å². The van der Waals surface area contributed by atoms with Crippen molar-refractivity contribution >= 4 is 39.3 Å². The molecule has 0 heterocycles. The highest BCUT2D eigenvalue weighted by atomic mass is 79.9. The van der Waals surface area contributed by atoms with Crippen LogP contribution in [0.4, 0.5) is 10.1 Å². The standard InChI is InChI=1S/C18H15BrFNO4/c19-14-3-1-2-4-15(14)21-17(23)11-25-18(24)10-9-16(22)12-5-7-13(20)8-6-12/h1-8H,9-11H2,(H,21,23). The van der Waals surface area contributed by atoms with E-state index in [1.54, 1.807) is 24.3 Å². The minimum atomic E-state index is -0.655. The molecule has 7 heteroatoms. The van der Waals surface area contributed by atoms with Crippen molar-refractivity contribution in [3.8, 4) is 0 Å². The Kier molecular flexibility index (Phi) is 6.82. The van der Waals surface area contributed by atoms with Crippen molar-refractivity contribution < 1.29 is 23.5 Å². The van der Waals surface area contributed by atoms with Crippen molar-refractivity contribution in [1.29, 1.82) is 0 Å². The lowest BCUT2D eigenvalue weighted by atomic mass is 10.1. The molecule has 0 radical (unpaired) electrons. The summed E-state index contributed by atoms with van der Waals surface area (Å²) in [6, 6.07) is 12.1. The fraction of sp³-hybridized carbons (Fsp3) is 0.167. The first-order chi connectivity index (χ1) is 12.0. The van der Waals surface area contributed by atoms with Crippen LogP contribution in [0.25, 0.3) is 0 Å². The summed E-state index contributed by atoms with van der Waals surface area (Å²) in [5.41, 5.74) is 0.885. The van der Waals surface area contributed by atoms with Crippen molar-refractivity contribution in [1.82, 2.24) is 0 Å². The van der Waals surface area contributed by atoms with Gasteiger partial charge in [-0.3, -0.25) is 14.4 Å². The van der Waals surface area contributed by atoms with Gasteiger partial charge in [-0.2, -0.15) is 0 Å². The summed E-state index contributed by atoms with van der Waals surface area (Å²) in [6.45, 7) is -0.440. The molecule has 0 aliphatic rings. The van der Waals surface area contributed by atoms with E-state index in [0.29, 0.717) is 15.7 Å². The molecule has 0 fully saturated rings. The topological polar surface area (TPSA) is 72.5 Å². The Bertz CT molecular complexity index is 777. The highest BCUT2D eigenvalue weighted by molar-refractivity contribution is 9.10. The van der Waals surface area contributed by atoms with Crippen LogP contribution in [0.15, 0.2) is 53.0 Å². The van der Waals surface area contributed by atoms with Gasteiger partial charge in [0.2, 0.25) is 0 Å². The van der Waals surface area contributed by atoms with E-state index in [-0.39, 0.29) is 18.6 Å². The maximum Gasteiger partial charge on any atom is 0.306 e. The number of benzene rings is 2. The van der Waals surface area contributed by atoms with E-state index < -0.39 is 24.3 Å². The minimum absolute atomic E-state index is 0.0731. The van der Waals surface area contributed by atoms with E-state index in [2.05, 4.69) is 21.2 Å². The smallest absolute Gasteiger partial charge is 0.306 e. The molecular formula is C18H15BrFNO4. The van der Waals surface area contributed by atoms with Crippen LogP contribution in [0.3, 0.4) is 0 Å². The van der Waals surface area contributed by atoms with Gasteiger partial charge in [-0.1, -0.05) is 12.1 Å². The van der Waals surface area contributed by atoms with Crippen molar-refractivity contribution in [2.45, 2.75) is 12.8 Å². The van der Waals surface area contributed by atoms with Crippen LogP contribution in [-0.4, -0.2) is 24.3 Å². The number of para-hydroxylation sites is 1. The molecule has 2 aromatic rings. The van der Waals surface area contributed by atoms with Crippen molar-refractivity contribution in [3.05, 3.63) is 64.4 Å². The van der Waals surface area contributed by atoms with E-state index in [1.165, 1.54) is 24.3 Å². The number of hydrogen-bond donors (Lipinski definition) is 1. The van der Waals surface area contributed by atoms with Crippen LogP contribution in [-0.2, 0) is 14.3 Å². The lowest BCUT2D eigenvalue weighted by Crippen LogP contribution is -2.21. The molecule has 0 atom stereocenters. The third-order valence-electron chi connectivity index (χ3n) is 3.23. The van der Waals surface area contributed by atoms with Gasteiger partial charge in [0.1, 0.15) is 5.82 Å². The molecule has 1 amide bonds. The summed E-state index contributed by atoms with van der Waals surface area (Å²) in [5.74, 6) is -1.87. The van der Waals surface area contributed by atoms with E-state index in [4.69, 9.17) is 4.74 Å². The van der Waals surface area contributed by atoms with Crippen molar-refractivity contribution in [2.24, 2.45) is 0 Å². The van der Waals surface area contributed by atoms with E-state index in [0.717, 1.165) is 0 Å². The monoisotopic (exact) mass is 407 g/mol. The Morgan fingerprint density at radius 2 is 1.68 bits per heavy atom. The highest BCUT2D eigenvalue weighted by Crippen LogP contribution is 2.20. The van der Waals surface area contributed by atoms with E-state index in [9.17, 15) is 18.8 Å². The number of esters is 1. The summed E-state index contributed by atoms with van der Waals surface area (Å²) in [4.78, 5) is 35.2. The summed E-state index contributed by atoms with van der Waals surface area (Å²) in [5, 5.41) is 2.60. The molecule has 0 saturated carbocycles. The summed E-state index contributed by atoms with van der Waals surface area (Å²) in [7, 11) is 0. The van der Waals surface area contributed by atoms with Crippen LogP contribution >= 0.6 is 15.9 Å². The Balaban J connectivity index is 1.73. The average molecular weight is 408 g/mol. The number of anilines is 1. The zero-order valence-corrected chi connectivity index (χ0v) is 14.7. The first kappa shape index (κ1) is 18.8. The summed E-state index contributed by atoms with van der Waals surface area (Å²) < 4.78 is 18.3. The lowest BCUT2D eigenvalue weighted by molar-refractivity contribution is -0.147. The normalized spacial score (nSPS) is 10.2. The third kappa shape index (κ3) is 6.11. The third-order valence-corrected chi connectivity index (χ3v) is 3.93. The van der Waals surface area contributed by atoms with Crippen LogP contribution in [0, 0.1) is 5.82 Å². The number of carbonyl (C=O) groups is 3. The molecule has 0 aromatic heterocycles. The molecule has 25 heavy (non-hydrogen) atoms. The van der Waals surface area contributed by atoms with Crippen molar-refractivity contribution in [2.75, 3.05) is 11.9 Å². The molecule has 0 spiro atoms. The SMILES string of the molecule is O=C(COC(=O)CCC(=O)c1ccc(F)cc1)Nc1ccccc1Br. The fourth-order valence-corrected chi connectivity index (χ4v) is 2.35. The molecule has 0 aliphatic heterocycles. The molecule has 0 aliphatic carbocycles. The van der Waals surface area contributed by atoms with Crippen LogP contribution < -0.4 is 5.32 Å². The number of hydrogen-bond acceptors (Lipinski definition) is 4. The molecule has 130 valence electrons. The first-order valence-corrected chi connectivity index (χ1v) is 8.24. The largest absolute Gasteiger partial charge is 0.456 e. The van der Waals surface area contributed by atoms with Crippen LogP contribution in [0.2, 0.25) is 0 Å². The molecule has 2 rings (SSSR count). The number of amides is 1. The molecule has 0 bridgehead atoms. The fourth-order valence-electron chi connectivity index (χ4n) is 1.96. The molecular weight excluding hydrogens is 393 g/mol. The zero-order valence-electron chi connectivity index (χ0n) is 13.1. The molecule has 5 nitrogen and oxygen atoms in total. The van der Waals surface area contributed by atoms with Gasteiger partial charge in [0.05, 0.1) is 12.1 Å². The number of ether oxygens (including phenoxy) is 1. The van der Waals surface area contributed by atoms with Gasteiger partial charge in [0, 0.05) is 16.5 Å². The van der Waals surface area contributed by atoms with E-state index in [1.807, 2.05) is 0 Å². The number of rotatable bonds is 7. The van der Waals surface area contributed by atoms with Crippen LogP contribution in [0.1, 0.15) is 23.2 Å². The number of ketones is 1. The second-order valence-corrected chi connectivity index (χ2v) is 5.97. The average Bonchev–Trinajstić information content (AvgIpc) is 2.60. The maximum absolute atomic E-state index is 12.8. The van der Waals surface area contributed by atoms with E-state index >= 15 is 0 Å². The van der Waals surface area contributed by atoms with Gasteiger partial charge >= 0.3 is 5.97 Å². The van der Waals surface area contributed by atoms with Crippen LogP contribution in [0.5, 0.6) is 0 Å². The first-order valence-electron chi connectivity index (χ1n) is 7.44. The predicted molar refractivity (Wildman–Crippen MR) is 93.7 cm³/mol. The Hall–Kier alpha value is -2.54. The van der Waals surface area contributed by atoms with Gasteiger partial charge in [-0.25, -0.2) is 4.39 Å². The second kappa shape index (κ2) is 9.08. The minimum Gasteiger partial charge on any atom is -0.456 e. The Morgan fingerprint density at radius 3 is 2.36 bits per heavy atom. The molecule has 1 N–H and O–H groups in total. The van der Waals surface area contributed by atoms with Gasteiger partial charge < -0.3 is 10.1 Å². The quantitative estimate of drug-likeness (QED) is 0.560. The molecule has 0 saturated heterocycles. The lowest BCUT2D eigenvalue weighted by Gasteiger charge is -2.08. The Morgan fingerprint density at radius 1 is 1.00 bits per heavy atom. The van der Waals surface area contributed by atoms with Gasteiger partial charge in [0.15, 0.2) is 12.4 Å². The maximum atomic E-state index is 12.8.